The third kappa shape index (κ3) is 6.41. The number of carbonyl (C=O) groups is 1. The SMILES string of the molecule is Cc1cc(F)ccc1C1CNCCC1C(=O)N(C)Cc1cc(C(F)(F)F)cc(C(F)(F)F)c1.Cl. The van der Waals surface area contributed by atoms with Crippen molar-refractivity contribution in [2.45, 2.75) is 38.2 Å². The zero-order valence-corrected chi connectivity index (χ0v) is 19.2. The lowest BCUT2D eigenvalue weighted by Gasteiger charge is -2.35. The molecule has 0 radical (unpaired) electrons. The minimum atomic E-state index is -4.96. The van der Waals surface area contributed by atoms with E-state index in [2.05, 4.69) is 5.32 Å². The van der Waals surface area contributed by atoms with Crippen LogP contribution in [0.5, 0.6) is 0 Å². The molecule has 1 aliphatic heterocycles. The topological polar surface area (TPSA) is 32.3 Å². The van der Waals surface area contributed by atoms with E-state index in [4.69, 9.17) is 0 Å². The second-order valence-electron chi connectivity index (χ2n) is 8.32. The van der Waals surface area contributed by atoms with E-state index >= 15 is 0 Å². The lowest BCUT2D eigenvalue weighted by atomic mass is 9.79. The number of aryl methyl sites for hydroxylation is 1. The molecule has 0 aromatic heterocycles. The number of nitrogens with one attached hydrogen (secondary N) is 1. The second-order valence-corrected chi connectivity index (χ2v) is 8.32. The van der Waals surface area contributed by atoms with Gasteiger partial charge in [-0.1, -0.05) is 6.07 Å². The van der Waals surface area contributed by atoms with E-state index in [0.717, 1.165) is 10.5 Å². The van der Waals surface area contributed by atoms with Crippen molar-refractivity contribution in [1.29, 1.82) is 0 Å². The molecule has 0 aliphatic carbocycles. The molecule has 1 fully saturated rings. The van der Waals surface area contributed by atoms with E-state index in [-0.39, 0.29) is 30.0 Å². The molecular formula is C23H24ClF7N2O. The van der Waals surface area contributed by atoms with Crippen LogP contribution in [0.25, 0.3) is 0 Å². The van der Waals surface area contributed by atoms with Crippen molar-refractivity contribution in [3.05, 3.63) is 70.0 Å². The molecule has 2 aromatic carbocycles. The van der Waals surface area contributed by atoms with Gasteiger partial charge < -0.3 is 10.2 Å². The van der Waals surface area contributed by atoms with E-state index < -0.39 is 47.7 Å². The number of nitrogens with zero attached hydrogens (tertiary/aromatic N) is 1. The summed E-state index contributed by atoms with van der Waals surface area (Å²) in [4.78, 5) is 14.4. The van der Waals surface area contributed by atoms with Crippen LogP contribution in [0.1, 0.15) is 40.2 Å². The van der Waals surface area contributed by atoms with Crippen molar-refractivity contribution >= 4 is 18.3 Å². The summed E-state index contributed by atoms with van der Waals surface area (Å²) >= 11 is 0. The fourth-order valence-corrected chi connectivity index (χ4v) is 4.28. The molecule has 3 nitrogen and oxygen atoms in total. The average molecular weight is 513 g/mol. The number of halogens is 8. The molecule has 2 unspecified atom stereocenters. The van der Waals surface area contributed by atoms with Gasteiger partial charge in [-0.2, -0.15) is 26.3 Å². The van der Waals surface area contributed by atoms with Gasteiger partial charge in [0.25, 0.3) is 0 Å². The van der Waals surface area contributed by atoms with Gasteiger partial charge >= 0.3 is 12.4 Å². The Hall–Kier alpha value is -2.33. The summed E-state index contributed by atoms with van der Waals surface area (Å²) in [6.45, 7) is 2.28. The summed E-state index contributed by atoms with van der Waals surface area (Å²) in [6.07, 6.45) is -9.49. The largest absolute Gasteiger partial charge is 0.416 e. The first kappa shape index (κ1) is 27.9. The molecule has 1 saturated heterocycles. The molecule has 2 aromatic rings. The Kier molecular flexibility index (Phi) is 8.63. The number of hydrogen-bond donors (Lipinski definition) is 1. The Balaban J connectivity index is 0.00000408. The Morgan fingerprint density at radius 2 is 1.62 bits per heavy atom. The van der Waals surface area contributed by atoms with Gasteiger partial charge in [-0.3, -0.25) is 4.79 Å². The maximum Gasteiger partial charge on any atom is 0.416 e. The molecular weight excluding hydrogens is 489 g/mol. The van der Waals surface area contributed by atoms with Crippen molar-refractivity contribution in [2.24, 2.45) is 5.92 Å². The number of piperidine rings is 1. The maximum absolute atomic E-state index is 13.5. The first-order chi connectivity index (χ1) is 15.3. The van der Waals surface area contributed by atoms with E-state index in [1.807, 2.05) is 0 Å². The number of hydrogen-bond acceptors (Lipinski definition) is 2. The zero-order chi connectivity index (χ0) is 24.6. The molecule has 0 saturated carbocycles. The number of alkyl halides is 6. The van der Waals surface area contributed by atoms with E-state index in [1.54, 1.807) is 13.0 Å². The van der Waals surface area contributed by atoms with Gasteiger partial charge in [-0.15, -0.1) is 12.4 Å². The minimum absolute atomic E-state index is 0. The lowest BCUT2D eigenvalue weighted by Crippen LogP contribution is -2.44. The van der Waals surface area contributed by atoms with Crippen LogP contribution in [0.3, 0.4) is 0 Å². The highest BCUT2D eigenvalue weighted by Crippen LogP contribution is 2.37. The fraction of sp³-hybridized carbons (Fsp3) is 0.435. The van der Waals surface area contributed by atoms with Gasteiger partial charge in [0.05, 0.1) is 11.1 Å². The van der Waals surface area contributed by atoms with Crippen LogP contribution in [0.15, 0.2) is 36.4 Å². The molecule has 1 heterocycles. The fourth-order valence-electron chi connectivity index (χ4n) is 4.28. The van der Waals surface area contributed by atoms with E-state index in [0.29, 0.717) is 37.2 Å². The molecule has 34 heavy (non-hydrogen) atoms. The van der Waals surface area contributed by atoms with Gasteiger partial charge in [0.15, 0.2) is 0 Å². The molecule has 0 bridgehead atoms. The molecule has 1 N–H and O–H groups in total. The highest BCUT2D eigenvalue weighted by atomic mass is 35.5. The summed E-state index contributed by atoms with van der Waals surface area (Å²) in [6, 6.07) is 5.57. The normalized spacial score (nSPS) is 18.9. The van der Waals surface area contributed by atoms with Crippen LogP contribution in [0, 0.1) is 18.7 Å². The average Bonchev–Trinajstić information content (AvgIpc) is 2.72. The van der Waals surface area contributed by atoms with Crippen LogP contribution < -0.4 is 5.32 Å². The third-order valence-electron chi connectivity index (χ3n) is 5.87. The van der Waals surface area contributed by atoms with Crippen molar-refractivity contribution in [3.63, 3.8) is 0 Å². The highest BCUT2D eigenvalue weighted by Gasteiger charge is 2.38. The summed E-state index contributed by atoms with van der Waals surface area (Å²) < 4.78 is 92.4. The zero-order valence-electron chi connectivity index (χ0n) is 18.4. The second kappa shape index (κ2) is 10.5. The molecule has 2 atom stereocenters. The van der Waals surface area contributed by atoms with Crippen LogP contribution >= 0.6 is 12.4 Å². The van der Waals surface area contributed by atoms with Gasteiger partial charge in [0.2, 0.25) is 5.91 Å². The van der Waals surface area contributed by atoms with Crippen LogP contribution in [-0.4, -0.2) is 30.9 Å². The molecule has 0 spiro atoms. The summed E-state index contributed by atoms with van der Waals surface area (Å²) in [5, 5.41) is 3.18. The standard InChI is InChI=1S/C23H23F7N2O.ClH/c1-13-7-17(24)3-4-18(13)20-11-31-6-5-19(20)21(33)32(2)12-14-8-15(22(25,26)27)10-16(9-14)23(28,29)30;/h3-4,7-10,19-20,31H,5-6,11-12H2,1-2H3;1H. The monoisotopic (exact) mass is 512 g/mol. The Labute approximate surface area is 198 Å². The first-order valence-electron chi connectivity index (χ1n) is 10.3. The van der Waals surface area contributed by atoms with Crippen LogP contribution in [0.2, 0.25) is 0 Å². The Bertz CT molecular complexity index is 991. The van der Waals surface area contributed by atoms with E-state index in [1.165, 1.54) is 19.2 Å². The van der Waals surface area contributed by atoms with Crippen LogP contribution in [0.4, 0.5) is 30.7 Å². The summed E-state index contributed by atoms with van der Waals surface area (Å²) in [5.41, 5.74) is -1.67. The van der Waals surface area contributed by atoms with Gasteiger partial charge in [-0.25, -0.2) is 4.39 Å². The quantitative estimate of drug-likeness (QED) is 0.514. The lowest BCUT2D eigenvalue weighted by molar-refractivity contribution is -0.143. The van der Waals surface area contributed by atoms with Crippen molar-refractivity contribution in [3.8, 4) is 0 Å². The Morgan fingerprint density at radius 1 is 1.03 bits per heavy atom. The predicted molar refractivity (Wildman–Crippen MR) is 115 cm³/mol. The van der Waals surface area contributed by atoms with Gasteiger partial charge in [0.1, 0.15) is 5.82 Å². The Morgan fingerprint density at radius 3 is 2.15 bits per heavy atom. The van der Waals surface area contributed by atoms with Crippen molar-refractivity contribution in [2.75, 3.05) is 20.1 Å². The predicted octanol–water partition coefficient (Wildman–Crippen LogP) is 5.95. The number of benzene rings is 2. The maximum atomic E-state index is 13.5. The summed E-state index contributed by atoms with van der Waals surface area (Å²) in [7, 11) is 1.35. The van der Waals surface area contributed by atoms with Crippen molar-refractivity contribution in [1.82, 2.24) is 10.2 Å². The highest BCUT2D eigenvalue weighted by molar-refractivity contribution is 5.85. The summed E-state index contributed by atoms with van der Waals surface area (Å²) in [5.74, 6) is -1.66. The molecule has 188 valence electrons. The number of rotatable bonds is 4. The third-order valence-corrected chi connectivity index (χ3v) is 5.87. The smallest absolute Gasteiger partial charge is 0.341 e. The molecule has 1 aliphatic rings. The van der Waals surface area contributed by atoms with Crippen molar-refractivity contribution < 1.29 is 35.5 Å². The first-order valence-corrected chi connectivity index (χ1v) is 10.3. The molecule has 11 heteroatoms. The number of carbonyl (C=O) groups excluding carboxylic acids is 1. The minimum Gasteiger partial charge on any atom is -0.341 e. The molecule has 3 rings (SSSR count). The number of amides is 1. The molecule has 1 amide bonds. The van der Waals surface area contributed by atoms with E-state index in [9.17, 15) is 35.5 Å². The van der Waals surface area contributed by atoms with Crippen LogP contribution in [-0.2, 0) is 23.7 Å². The van der Waals surface area contributed by atoms with Gasteiger partial charge in [-0.05, 0) is 66.9 Å². The van der Waals surface area contributed by atoms with Gasteiger partial charge in [0, 0.05) is 32.0 Å².